The summed E-state index contributed by atoms with van der Waals surface area (Å²) in [5.41, 5.74) is 4.24. The van der Waals surface area contributed by atoms with Crippen molar-refractivity contribution in [3.05, 3.63) is 15.1 Å². The molecule has 0 saturated heterocycles. The second-order valence-corrected chi connectivity index (χ2v) is 2.08. The molecule has 0 aliphatic rings. The number of hydrogen-bond donors (Lipinski definition) is 4. The Morgan fingerprint density at radius 2 is 2.09 bits per heavy atom. The molecule has 0 aliphatic carbocycles. The Labute approximate surface area is 90.4 Å². The van der Waals surface area contributed by atoms with Gasteiger partial charge in [0.25, 0.3) is 5.56 Å². The van der Waals surface area contributed by atoms with Crippen molar-refractivity contribution < 1.29 is 36.1 Å². The van der Waals surface area contributed by atoms with Crippen LogP contribution in [-0.2, 0) is 0 Å². The largest absolute Gasteiger partial charge is 1.00 e. The molecule has 0 spiro atoms. The summed E-state index contributed by atoms with van der Waals surface area (Å²) in [7, 11) is 0. The molecule has 1 heterocycles. The van der Waals surface area contributed by atoms with E-state index in [9.17, 15) is 4.79 Å². The minimum atomic E-state index is -0.582. The first-order chi connectivity index (χ1) is 4.61. The topological polar surface area (TPSA) is 94.9 Å². The van der Waals surface area contributed by atoms with Crippen molar-refractivity contribution in [3.8, 4) is 5.88 Å². The molecule has 5 N–H and O–H groups in total. The van der Waals surface area contributed by atoms with E-state index in [2.05, 4.69) is 22.2 Å². The molecule has 0 atom stereocenters. The summed E-state index contributed by atoms with van der Waals surface area (Å²) in [5, 5.41) is 8.81. The van der Waals surface area contributed by atoms with Crippen molar-refractivity contribution >= 4 is 17.9 Å². The van der Waals surface area contributed by atoms with Crippen molar-refractivity contribution in [2.75, 3.05) is 5.73 Å². The van der Waals surface area contributed by atoms with Crippen LogP contribution >= 0.6 is 12.2 Å². The van der Waals surface area contributed by atoms with Gasteiger partial charge in [0.1, 0.15) is 0 Å². The fourth-order valence-corrected chi connectivity index (χ4v) is 0.673. The quantitative estimate of drug-likeness (QED) is 0.252. The molecule has 1 rings (SSSR count). The van der Waals surface area contributed by atoms with Crippen molar-refractivity contribution in [3.63, 3.8) is 0 Å². The number of nitrogen functional groups attached to an aromatic ring is 1. The van der Waals surface area contributed by atoms with E-state index in [-0.39, 0.29) is 41.4 Å². The molecule has 0 bridgehead atoms. The van der Waals surface area contributed by atoms with E-state index in [1.165, 1.54) is 0 Å². The molecule has 0 unspecified atom stereocenters. The first-order valence-corrected chi connectivity index (χ1v) is 2.83. The van der Waals surface area contributed by atoms with Crippen LogP contribution in [0.1, 0.15) is 1.43 Å². The SMILES string of the molecule is Nc1c(O)[nH]c(=S)[nH]c1=O.[H-].[Na+]. The van der Waals surface area contributed by atoms with Gasteiger partial charge in [-0.15, -0.1) is 0 Å². The van der Waals surface area contributed by atoms with Gasteiger partial charge >= 0.3 is 29.6 Å². The Hall–Kier alpha value is -0.300. The molecule has 0 amide bonds. The summed E-state index contributed by atoms with van der Waals surface area (Å²) >= 11 is 4.52. The van der Waals surface area contributed by atoms with E-state index < -0.39 is 11.4 Å². The summed E-state index contributed by atoms with van der Waals surface area (Å²) in [5.74, 6) is -0.395. The molecule has 0 saturated carbocycles. The zero-order valence-electron chi connectivity index (χ0n) is 6.84. The van der Waals surface area contributed by atoms with Crippen LogP contribution in [0.25, 0.3) is 0 Å². The molecule has 0 aromatic carbocycles. The van der Waals surface area contributed by atoms with Gasteiger partial charge in [-0.25, -0.2) is 0 Å². The van der Waals surface area contributed by atoms with Crippen LogP contribution < -0.4 is 40.9 Å². The van der Waals surface area contributed by atoms with Gasteiger partial charge in [-0.05, 0) is 12.2 Å². The van der Waals surface area contributed by atoms with E-state index in [0.717, 1.165) is 0 Å². The first kappa shape index (κ1) is 10.7. The van der Waals surface area contributed by atoms with Gasteiger partial charge in [-0.2, -0.15) is 0 Å². The monoisotopic (exact) mass is 183 g/mol. The maximum absolute atomic E-state index is 10.6. The zero-order valence-corrected chi connectivity index (χ0v) is 8.66. The van der Waals surface area contributed by atoms with E-state index in [0.29, 0.717) is 0 Å². The Bertz CT molecular complexity index is 362. The summed E-state index contributed by atoms with van der Waals surface area (Å²) < 4.78 is 0.0525. The van der Waals surface area contributed by atoms with Crippen molar-refractivity contribution in [1.82, 2.24) is 9.97 Å². The fourth-order valence-electron chi connectivity index (χ4n) is 0.484. The minimum absolute atomic E-state index is 0. The molecule has 0 aliphatic heterocycles. The average Bonchev–Trinajstić information content (AvgIpc) is 1.82. The molecule has 56 valence electrons. The van der Waals surface area contributed by atoms with Gasteiger partial charge in [0.2, 0.25) is 5.88 Å². The molecular formula is C4H6N3NaO2S. The van der Waals surface area contributed by atoms with Gasteiger partial charge < -0.3 is 17.3 Å². The predicted octanol–water partition coefficient (Wildman–Crippen LogP) is -3.16. The number of nitrogens with two attached hydrogens (primary N) is 1. The van der Waals surface area contributed by atoms with Gasteiger partial charge in [0.05, 0.1) is 0 Å². The van der Waals surface area contributed by atoms with Crippen LogP contribution in [0.15, 0.2) is 4.79 Å². The summed E-state index contributed by atoms with van der Waals surface area (Å²) in [6, 6.07) is 0. The summed E-state index contributed by atoms with van der Waals surface area (Å²) in [6.45, 7) is 0. The van der Waals surface area contributed by atoms with Crippen LogP contribution in [-0.4, -0.2) is 15.1 Å². The normalized spacial score (nSPS) is 8.73. The zero-order chi connectivity index (χ0) is 7.72. The molecule has 1 aromatic heterocycles. The van der Waals surface area contributed by atoms with Crippen molar-refractivity contribution in [2.24, 2.45) is 0 Å². The standard InChI is InChI=1S/C4H5N3O2S.Na.H/c5-1-2(8)6-4(10)7-3(1)9;;/h5H2,(H3,6,7,8,9,10);;/q;+1;-1. The minimum Gasteiger partial charge on any atom is -1.00 e. The Morgan fingerprint density at radius 1 is 1.55 bits per heavy atom. The number of H-pyrrole nitrogens is 2. The number of aromatic amines is 2. The van der Waals surface area contributed by atoms with Crippen LogP contribution in [0.5, 0.6) is 5.88 Å². The molecule has 0 fully saturated rings. The fraction of sp³-hybridized carbons (Fsp3) is 0. The van der Waals surface area contributed by atoms with Crippen LogP contribution in [0.2, 0.25) is 0 Å². The Balaban J connectivity index is 0. The second-order valence-electron chi connectivity index (χ2n) is 1.67. The van der Waals surface area contributed by atoms with Gasteiger partial charge in [0, 0.05) is 0 Å². The van der Waals surface area contributed by atoms with Gasteiger partial charge in [-0.3, -0.25) is 9.78 Å². The number of nitrogens with one attached hydrogen (secondary N) is 2. The van der Waals surface area contributed by atoms with E-state index in [4.69, 9.17) is 10.8 Å². The summed E-state index contributed by atoms with van der Waals surface area (Å²) in [6.07, 6.45) is 0. The number of anilines is 1. The maximum Gasteiger partial charge on any atom is 1.00 e. The smallest absolute Gasteiger partial charge is 1.00 e. The van der Waals surface area contributed by atoms with Crippen LogP contribution in [0.4, 0.5) is 5.69 Å². The van der Waals surface area contributed by atoms with E-state index in [1.807, 2.05) is 0 Å². The molecule has 5 nitrogen and oxygen atoms in total. The predicted molar refractivity (Wildman–Crippen MR) is 39.4 cm³/mol. The summed E-state index contributed by atoms with van der Waals surface area (Å²) in [4.78, 5) is 15.1. The second kappa shape index (κ2) is 3.91. The molecule has 1 aromatic rings. The van der Waals surface area contributed by atoms with Gasteiger partial charge in [-0.1, -0.05) is 0 Å². The number of aromatic hydroxyl groups is 1. The van der Waals surface area contributed by atoms with E-state index in [1.54, 1.807) is 0 Å². The number of rotatable bonds is 0. The third-order valence-electron chi connectivity index (χ3n) is 0.959. The third-order valence-corrected chi connectivity index (χ3v) is 1.16. The van der Waals surface area contributed by atoms with Crippen LogP contribution in [0.3, 0.4) is 0 Å². The van der Waals surface area contributed by atoms with Gasteiger partial charge in [0.15, 0.2) is 10.5 Å². The Morgan fingerprint density at radius 3 is 2.55 bits per heavy atom. The van der Waals surface area contributed by atoms with E-state index >= 15 is 0 Å². The number of aromatic nitrogens is 2. The van der Waals surface area contributed by atoms with Crippen molar-refractivity contribution in [2.45, 2.75) is 0 Å². The molecule has 0 radical (unpaired) electrons. The van der Waals surface area contributed by atoms with Crippen LogP contribution in [0, 0.1) is 4.77 Å². The molecular weight excluding hydrogens is 177 g/mol. The first-order valence-electron chi connectivity index (χ1n) is 2.42. The maximum atomic E-state index is 10.6. The molecule has 11 heavy (non-hydrogen) atoms. The Kier molecular flexibility index (Phi) is 3.81. The average molecular weight is 183 g/mol. The number of hydrogen-bond acceptors (Lipinski definition) is 4. The molecule has 7 heteroatoms. The van der Waals surface area contributed by atoms with Crippen molar-refractivity contribution in [1.29, 1.82) is 0 Å². The third kappa shape index (κ3) is 2.33.